The van der Waals surface area contributed by atoms with Crippen molar-refractivity contribution < 1.29 is 14.3 Å². The maximum atomic E-state index is 14.5. The number of ether oxygens (including phenoxy) is 1. The lowest BCUT2D eigenvalue weighted by Crippen LogP contribution is -2.56. The van der Waals surface area contributed by atoms with Gasteiger partial charge in [0.2, 0.25) is 11.8 Å². The molecule has 244 valence electrons. The molecule has 6 N–H and O–H groups in total. The second-order valence-corrected chi connectivity index (χ2v) is 12.6. The highest BCUT2D eigenvalue weighted by Crippen LogP contribution is 2.27. The zero-order valence-corrected chi connectivity index (χ0v) is 26.7. The van der Waals surface area contributed by atoms with Crippen molar-refractivity contribution in [3.63, 3.8) is 0 Å². The van der Waals surface area contributed by atoms with Gasteiger partial charge in [-0.15, -0.1) is 0 Å². The Kier molecular flexibility index (Phi) is 10.4. The Morgan fingerprint density at radius 1 is 0.915 bits per heavy atom. The van der Waals surface area contributed by atoms with Gasteiger partial charge in [-0.3, -0.25) is 14.6 Å². The zero-order chi connectivity index (χ0) is 32.6. The van der Waals surface area contributed by atoms with E-state index in [9.17, 15) is 9.59 Å². The lowest BCUT2D eigenvalue weighted by atomic mass is 9.95. The number of benzene rings is 4. The number of guanidine groups is 1. The third-order valence-corrected chi connectivity index (χ3v) is 9.24. The summed E-state index contributed by atoms with van der Waals surface area (Å²) in [6.07, 6.45) is 3.00. The molecular formula is C38H44N6O3. The van der Waals surface area contributed by atoms with E-state index in [2.05, 4.69) is 58.1 Å². The summed E-state index contributed by atoms with van der Waals surface area (Å²) in [6.45, 7) is 2.01. The quantitative estimate of drug-likeness (QED) is 0.107. The van der Waals surface area contributed by atoms with Gasteiger partial charge >= 0.3 is 0 Å². The molecule has 2 aliphatic rings. The Hall–Kier alpha value is -4.73. The van der Waals surface area contributed by atoms with Crippen LogP contribution in [0.3, 0.4) is 0 Å². The zero-order valence-electron chi connectivity index (χ0n) is 26.7. The number of aliphatic imine (C=N–C) groups is 1. The first-order valence-corrected chi connectivity index (χ1v) is 16.5. The molecule has 0 spiro atoms. The van der Waals surface area contributed by atoms with Crippen molar-refractivity contribution in [1.29, 1.82) is 0 Å². The second-order valence-electron chi connectivity index (χ2n) is 12.6. The van der Waals surface area contributed by atoms with Crippen LogP contribution >= 0.6 is 0 Å². The topological polar surface area (TPSA) is 135 Å². The van der Waals surface area contributed by atoms with E-state index >= 15 is 0 Å². The van der Waals surface area contributed by atoms with Crippen molar-refractivity contribution in [1.82, 2.24) is 15.5 Å². The van der Waals surface area contributed by atoms with Crippen molar-refractivity contribution in [2.45, 2.75) is 69.5 Å². The molecule has 4 aromatic carbocycles. The summed E-state index contributed by atoms with van der Waals surface area (Å²) in [5.41, 5.74) is 15.6. The van der Waals surface area contributed by atoms with Crippen LogP contribution in [-0.4, -0.2) is 60.0 Å². The minimum atomic E-state index is -0.719. The minimum absolute atomic E-state index is 0.0607. The fourth-order valence-corrected chi connectivity index (χ4v) is 6.78. The van der Waals surface area contributed by atoms with Gasteiger partial charge in [0, 0.05) is 32.1 Å². The number of nitrogens with one attached hydrogen (secondary N) is 2. The van der Waals surface area contributed by atoms with Crippen molar-refractivity contribution in [2.24, 2.45) is 16.5 Å². The maximum absolute atomic E-state index is 14.5. The number of carbonyl (C=O) groups excluding carboxylic acids is 2. The number of carbonyl (C=O) groups is 2. The molecule has 0 radical (unpaired) electrons. The van der Waals surface area contributed by atoms with Crippen molar-refractivity contribution >= 4 is 28.5 Å². The number of likely N-dealkylation sites (tertiary alicyclic amines) is 1. The molecule has 9 heteroatoms. The number of fused-ring (bicyclic) bond motifs is 2. The van der Waals surface area contributed by atoms with Crippen LogP contribution < -0.4 is 22.1 Å². The molecular weight excluding hydrogens is 588 g/mol. The van der Waals surface area contributed by atoms with Gasteiger partial charge in [0.15, 0.2) is 5.96 Å². The minimum Gasteiger partial charge on any atom is -0.372 e. The van der Waals surface area contributed by atoms with Crippen LogP contribution in [0.1, 0.15) is 41.5 Å². The molecule has 6 rings (SSSR count). The Balaban J connectivity index is 1.18. The third-order valence-electron chi connectivity index (χ3n) is 9.24. The van der Waals surface area contributed by atoms with Crippen LogP contribution in [-0.2, 0) is 40.3 Å². The number of nitrogens with zero attached hydrogens (tertiary/aromatic N) is 2. The van der Waals surface area contributed by atoms with Gasteiger partial charge < -0.3 is 31.7 Å². The molecule has 47 heavy (non-hydrogen) atoms. The Morgan fingerprint density at radius 2 is 1.66 bits per heavy atom. The van der Waals surface area contributed by atoms with Gasteiger partial charge in [0.05, 0.1) is 18.8 Å². The monoisotopic (exact) mass is 632 g/mol. The number of amides is 2. The van der Waals surface area contributed by atoms with Crippen LogP contribution in [0.25, 0.3) is 10.8 Å². The fourth-order valence-electron chi connectivity index (χ4n) is 6.78. The number of hydrogen-bond acceptors (Lipinski definition) is 5. The van der Waals surface area contributed by atoms with Gasteiger partial charge in [-0.25, -0.2) is 0 Å². The Bertz CT molecular complexity index is 1710. The first kappa shape index (κ1) is 32.2. The first-order valence-electron chi connectivity index (χ1n) is 16.5. The van der Waals surface area contributed by atoms with Crippen molar-refractivity contribution in [2.75, 3.05) is 13.1 Å². The molecule has 2 heterocycles. The summed E-state index contributed by atoms with van der Waals surface area (Å²) in [5, 5.41) is 8.87. The molecule has 2 aliphatic heterocycles. The van der Waals surface area contributed by atoms with E-state index in [1.54, 1.807) is 0 Å². The predicted molar refractivity (Wildman–Crippen MR) is 185 cm³/mol. The molecule has 0 bridgehead atoms. The summed E-state index contributed by atoms with van der Waals surface area (Å²) in [6, 6.07) is 31.4. The van der Waals surface area contributed by atoms with E-state index in [1.165, 1.54) is 16.3 Å². The molecule has 2 amide bonds. The molecule has 0 aliphatic carbocycles. The van der Waals surface area contributed by atoms with Crippen LogP contribution in [0.5, 0.6) is 0 Å². The highest BCUT2D eigenvalue weighted by atomic mass is 16.5. The van der Waals surface area contributed by atoms with E-state index in [-0.39, 0.29) is 29.9 Å². The molecule has 1 saturated heterocycles. The van der Waals surface area contributed by atoms with Gasteiger partial charge in [0.25, 0.3) is 0 Å². The maximum Gasteiger partial charge on any atom is 0.245 e. The average Bonchev–Trinajstić information content (AvgIpc) is 3.51. The van der Waals surface area contributed by atoms with Crippen LogP contribution in [0.2, 0.25) is 0 Å². The average molecular weight is 633 g/mol. The molecule has 0 aromatic heterocycles. The van der Waals surface area contributed by atoms with Gasteiger partial charge in [0.1, 0.15) is 6.04 Å². The number of hydrogen-bond donors (Lipinski definition) is 4. The number of rotatable bonds is 12. The third kappa shape index (κ3) is 8.36. The first-order chi connectivity index (χ1) is 22.9. The predicted octanol–water partition coefficient (Wildman–Crippen LogP) is 3.82. The van der Waals surface area contributed by atoms with Gasteiger partial charge in [-0.05, 0) is 64.8 Å². The van der Waals surface area contributed by atoms with Crippen molar-refractivity contribution in [3.05, 3.63) is 119 Å². The van der Waals surface area contributed by atoms with Crippen LogP contribution in [0.15, 0.2) is 102 Å². The molecule has 0 saturated carbocycles. The lowest BCUT2D eigenvalue weighted by Gasteiger charge is -2.31. The summed E-state index contributed by atoms with van der Waals surface area (Å²) < 4.78 is 6.44. The van der Waals surface area contributed by atoms with Crippen LogP contribution in [0, 0.1) is 0 Å². The highest BCUT2D eigenvalue weighted by molar-refractivity contribution is 5.90. The summed E-state index contributed by atoms with van der Waals surface area (Å²) >= 11 is 0. The van der Waals surface area contributed by atoms with Crippen molar-refractivity contribution in [3.8, 4) is 0 Å². The SMILES string of the molecule is NC(N)=NCCC[C@@H]1C[C@H](OCc2ccc3ccccc3c2)CN1C(=O)[C@@H](Cc1ccccc1)NC(=O)C1Cc2ccccc2CN1. The standard InChI is InChI=1S/C38H44N6O3/c39-38(40)41-18-8-15-32-22-33(47-25-27-16-17-28-11-4-5-12-29(28)19-27)24-44(32)37(46)35(20-26-9-2-1-3-10-26)43-36(45)34-21-30-13-6-7-14-31(30)23-42-34/h1-7,9-14,16-17,19,32-35,42H,8,15,18,20-25H2,(H,43,45)(H4,39,40,41)/t32-,33+,34?,35-/m1/s1. The second kappa shape index (κ2) is 15.2. The van der Waals surface area contributed by atoms with Gasteiger partial charge in [-0.2, -0.15) is 0 Å². The van der Waals surface area contributed by atoms with E-state index in [4.69, 9.17) is 16.2 Å². The Labute approximate surface area is 276 Å². The van der Waals surface area contributed by atoms with Crippen LogP contribution in [0.4, 0.5) is 0 Å². The number of nitrogens with two attached hydrogens (primary N) is 2. The normalized spacial score (nSPS) is 19.6. The fraction of sp³-hybridized carbons (Fsp3) is 0.342. The van der Waals surface area contributed by atoms with E-state index in [0.717, 1.165) is 29.5 Å². The van der Waals surface area contributed by atoms with E-state index in [1.807, 2.05) is 59.5 Å². The Morgan fingerprint density at radius 3 is 2.47 bits per heavy atom. The molecule has 1 fully saturated rings. The molecule has 4 atom stereocenters. The molecule has 1 unspecified atom stereocenters. The summed E-state index contributed by atoms with van der Waals surface area (Å²) in [5.74, 6) is -0.200. The smallest absolute Gasteiger partial charge is 0.245 e. The van der Waals surface area contributed by atoms with E-state index < -0.39 is 12.1 Å². The summed E-state index contributed by atoms with van der Waals surface area (Å²) in [4.78, 5) is 34.2. The molecule has 9 nitrogen and oxygen atoms in total. The summed E-state index contributed by atoms with van der Waals surface area (Å²) in [7, 11) is 0. The van der Waals surface area contributed by atoms with E-state index in [0.29, 0.717) is 45.5 Å². The molecule has 4 aromatic rings. The van der Waals surface area contributed by atoms with Gasteiger partial charge in [-0.1, -0.05) is 91.0 Å². The lowest BCUT2D eigenvalue weighted by molar-refractivity contribution is -0.138. The largest absolute Gasteiger partial charge is 0.372 e. The highest BCUT2D eigenvalue weighted by Gasteiger charge is 2.39.